The molecule has 0 aliphatic carbocycles. The predicted octanol–water partition coefficient (Wildman–Crippen LogP) is 7.08. The van der Waals surface area contributed by atoms with E-state index >= 15 is 0 Å². The van der Waals surface area contributed by atoms with E-state index in [1.807, 2.05) is 84.4 Å². The topological polar surface area (TPSA) is 95.9 Å². The van der Waals surface area contributed by atoms with Crippen molar-refractivity contribution in [3.8, 4) is 34.2 Å². The van der Waals surface area contributed by atoms with Crippen LogP contribution in [0.5, 0.6) is 0 Å². The van der Waals surface area contributed by atoms with E-state index < -0.39 is 0 Å². The van der Waals surface area contributed by atoms with Crippen molar-refractivity contribution in [2.75, 3.05) is 5.73 Å². The van der Waals surface area contributed by atoms with Gasteiger partial charge in [0.2, 0.25) is 11.5 Å². The minimum Gasteiger partial charge on any atom is -0.464 e. The fraction of sp³-hybridized carbons (Fsp3) is 0.0741. The van der Waals surface area contributed by atoms with Crippen molar-refractivity contribution in [3.63, 3.8) is 0 Å². The average Bonchev–Trinajstić information content (AvgIpc) is 3.64. The Balaban J connectivity index is 1.44. The van der Waals surface area contributed by atoms with Crippen molar-refractivity contribution in [2.24, 2.45) is 7.05 Å². The highest BCUT2D eigenvalue weighted by molar-refractivity contribution is 7.98. The summed E-state index contributed by atoms with van der Waals surface area (Å²) in [5.41, 5.74) is 11.0. The molecule has 0 aliphatic rings. The molecule has 178 valence electrons. The lowest BCUT2D eigenvalue weighted by atomic mass is 10.0. The number of benzene rings is 2. The van der Waals surface area contributed by atoms with Crippen LogP contribution in [0.15, 0.2) is 93.1 Å². The minimum absolute atomic E-state index is 0.406. The number of hydrogen-bond acceptors (Lipinski definition) is 7. The first-order valence-corrected chi connectivity index (χ1v) is 12.5. The van der Waals surface area contributed by atoms with Gasteiger partial charge in [-0.2, -0.15) is 0 Å². The number of nitrogens with zero attached hydrogens (tertiary/aromatic N) is 4. The summed E-state index contributed by atoms with van der Waals surface area (Å²) in [5.74, 6) is 2.26. The van der Waals surface area contributed by atoms with E-state index in [4.69, 9.17) is 31.2 Å². The van der Waals surface area contributed by atoms with Crippen LogP contribution >= 0.6 is 23.4 Å². The quantitative estimate of drug-likeness (QED) is 0.238. The van der Waals surface area contributed by atoms with Gasteiger partial charge >= 0.3 is 0 Å². The first-order valence-electron chi connectivity index (χ1n) is 11.2. The molecule has 0 fully saturated rings. The van der Waals surface area contributed by atoms with Crippen molar-refractivity contribution >= 4 is 40.1 Å². The number of anilines is 1. The first-order chi connectivity index (χ1) is 17.6. The lowest BCUT2D eigenvalue weighted by molar-refractivity contribution is 0.582. The van der Waals surface area contributed by atoms with Gasteiger partial charge in [-0.25, -0.2) is 4.98 Å². The van der Waals surface area contributed by atoms with Crippen molar-refractivity contribution in [2.45, 2.75) is 10.9 Å². The summed E-state index contributed by atoms with van der Waals surface area (Å²) in [6, 6.07) is 23.3. The highest BCUT2D eigenvalue weighted by Crippen LogP contribution is 2.42. The Morgan fingerprint density at radius 2 is 1.81 bits per heavy atom. The maximum atomic E-state index is 6.65. The van der Waals surface area contributed by atoms with Gasteiger partial charge in [-0.05, 0) is 29.8 Å². The molecule has 0 amide bonds. The molecule has 0 aliphatic heterocycles. The number of aromatic nitrogens is 4. The van der Waals surface area contributed by atoms with Gasteiger partial charge in [0.25, 0.3) is 0 Å². The number of thioether (sulfide) groups is 1. The van der Waals surface area contributed by atoms with Crippen molar-refractivity contribution in [1.29, 1.82) is 0 Å². The largest absolute Gasteiger partial charge is 0.464 e. The van der Waals surface area contributed by atoms with E-state index in [2.05, 4.69) is 10.2 Å². The van der Waals surface area contributed by atoms with Crippen LogP contribution in [0.1, 0.15) is 5.56 Å². The molecule has 4 heterocycles. The number of nitrogen functional groups attached to an aromatic ring is 1. The number of halogens is 1. The predicted molar refractivity (Wildman–Crippen MR) is 143 cm³/mol. The van der Waals surface area contributed by atoms with Crippen LogP contribution in [0.25, 0.3) is 45.3 Å². The molecule has 0 saturated heterocycles. The smallest absolute Gasteiger partial charge is 0.230 e. The second-order valence-corrected chi connectivity index (χ2v) is 9.52. The molecule has 4 aromatic heterocycles. The Morgan fingerprint density at radius 1 is 1.00 bits per heavy atom. The van der Waals surface area contributed by atoms with Gasteiger partial charge in [-0.3, -0.25) is 0 Å². The third-order valence-corrected chi connectivity index (χ3v) is 7.35. The van der Waals surface area contributed by atoms with Crippen LogP contribution in [0.4, 0.5) is 5.69 Å². The maximum absolute atomic E-state index is 6.65. The Hall–Kier alpha value is -4.01. The van der Waals surface area contributed by atoms with E-state index in [1.54, 1.807) is 6.26 Å². The average molecular weight is 514 g/mol. The molecule has 0 bridgehead atoms. The van der Waals surface area contributed by atoms with Crippen molar-refractivity contribution in [1.82, 2.24) is 19.7 Å². The SMILES string of the molecule is Cn1c(SCc2ccccc2Cl)nnc1-c1oc2nc(-c3ccccc3)cc(-c3ccco3)c2c1N. The van der Waals surface area contributed by atoms with Gasteiger partial charge in [0.05, 0.1) is 23.0 Å². The maximum Gasteiger partial charge on any atom is 0.230 e. The summed E-state index contributed by atoms with van der Waals surface area (Å²) in [7, 11) is 1.88. The van der Waals surface area contributed by atoms with Gasteiger partial charge < -0.3 is 19.1 Å². The number of nitrogens with two attached hydrogens (primary N) is 1. The number of fused-ring (bicyclic) bond motifs is 1. The van der Waals surface area contributed by atoms with Gasteiger partial charge in [-0.15, -0.1) is 10.2 Å². The Kier molecular flexibility index (Phi) is 5.75. The zero-order valence-electron chi connectivity index (χ0n) is 19.2. The summed E-state index contributed by atoms with van der Waals surface area (Å²) in [6.07, 6.45) is 1.63. The van der Waals surface area contributed by atoms with Crippen LogP contribution in [0.3, 0.4) is 0 Å². The number of hydrogen-bond donors (Lipinski definition) is 1. The zero-order chi connectivity index (χ0) is 24.6. The van der Waals surface area contributed by atoms with Crippen molar-refractivity contribution < 1.29 is 8.83 Å². The van der Waals surface area contributed by atoms with Crippen molar-refractivity contribution in [3.05, 3.63) is 89.6 Å². The Bertz CT molecular complexity index is 1680. The number of furan rings is 2. The molecule has 9 heteroatoms. The summed E-state index contributed by atoms with van der Waals surface area (Å²) < 4.78 is 13.8. The van der Waals surface area contributed by atoms with Crippen LogP contribution in [0, 0.1) is 0 Å². The third-order valence-electron chi connectivity index (χ3n) is 5.91. The molecule has 7 nitrogen and oxygen atoms in total. The molecule has 0 saturated carbocycles. The molecule has 0 atom stereocenters. The summed E-state index contributed by atoms with van der Waals surface area (Å²) in [4.78, 5) is 4.78. The molecule has 0 radical (unpaired) electrons. The molecule has 36 heavy (non-hydrogen) atoms. The van der Waals surface area contributed by atoms with E-state index in [-0.39, 0.29) is 0 Å². The fourth-order valence-electron chi connectivity index (χ4n) is 4.07. The van der Waals surface area contributed by atoms with E-state index in [9.17, 15) is 0 Å². The normalized spacial score (nSPS) is 11.4. The van der Waals surface area contributed by atoms with Gasteiger partial charge in [0, 0.05) is 29.0 Å². The third kappa shape index (κ3) is 3.94. The lowest BCUT2D eigenvalue weighted by Crippen LogP contribution is -1.97. The van der Waals surface area contributed by atoms with Crippen LogP contribution in [-0.4, -0.2) is 19.7 Å². The fourth-order valence-corrected chi connectivity index (χ4v) is 5.26. The van der Waals surface area contributed by atoms with Gasteiger partial charge in [0.1, 0.15) is 5.76 Å². The summed E-state index contributed by atoms with van der Waals surface area (Å²) in [5, 5.41) is 10.9. The minimum atomic E-state index is 0.406. The monoisotopic (exact) mass is 513 g/mol. The second kappa shape index (κ2) is 9.22. The highest BCUT2D eigenvalue weighted by Gasteiger charge is 2.25. The standard InChI is InChI=1S/C27H20ClN5O2S/c1-33-25(31-32-27(33)36-15-17-10-5-6-11-19(17)28)24-23(29)22-18(21-12-7-13-34-21)14-20(30-26(22)35-24)16-8-3-2-4-9-16/h2-14H,15,29H2,1H3. The molecular formula is C27H20ClN5O2S. The zero-order valence-corrected chi connectivity index (χ0v) is 20.8. The molecule has 6 rings (SSSR count). The van der Waals surface area contributed by atoms with Crippen LogP contribution in [-0.2, 0) is 12.8 Å². The second-order valence-electron chi connectivity index (χ2n) is 8.17. The summed E-state index contributed by atoms with van der Waals surface area (Å²) >= 11 is 7.84. The van der Waals surface area contributed by atoms with E-state index in [0.29, 0.717) is 45.0 Å². The molecule has 6 aromatic rings. The Labute approximate surface area is 215 Å². The van der Waals surface area contributed by atoms with Crippen LogP contribution in [0.2, 0.25) is 5.02 Å². The van der Waals surface area contributed by atoms with Gasteiger partial charge in [0.15, 0.2) is 10.9 Å². The van der Waals surface area contributed by atoms with Gasteiger partial charge in [-0.1, -0.05) is 71.9 Å². The molecule has 2 N–H and O–H groups in total. The molecule has 0 unspecified atom stereocenters. The number of pyridine rings is 1. The first kappa shape index (κ1) is 22.5. The molecule has 0 spiro atoms. The highest BCUT2D eigenvalue weighted by atomic mass is 35.5. The summed E-state index contributed by atoms with van der Waals surface area (Å²) in [6.45, 7) is 0. The van der Waals surface area contributed by atoms with E-state index in [1.165, 1.54) is 11.8 Å². The molecular weight excluding hydrogens is 494 g/mol. The number of rotatable bonds is 6. The molecule has 2 aromatic carbocycles. The van der Waals surface area contributed by atoms with Crippen LogP contribution < -0.4 is 5.73 Å². The Morgan fingerprint density at radius 3 is 2.58 bits per heavy atom. The lowest BCUT2D eigenvalue weighted by Gasteiger charge is -2.05. The van der Waals surface area contributed by atoms with E-state index in [0.717, 1.165) is 27.4 Å².